The van der Waals surface area contributed by atoms with Crippen LogP contribution in [0.15, 0.2) is 30.3 Å². The molecule has 0 aliphatic rings. The van der Waals surface area contributed by atoms with Gasteiger partial charge in [0.05, 0.1) is 26.4 Å². The van der Waals surface area contributed by atoms with Crippen LogP contribution in [0.1, 0.15) is 25.8 Å². The Morgan fingerprint density at radius 2 is 1.39 bits per heavy atom. The van der Waals surface area contributed by atoms with E-state index in [1.54, 1.807) is 6.92 Å². The van der Waals surface area contributed by atoms with Crippen molar-refractivity contribution in [1.29, 1.82) is 10.8 Å². The zero-order valence-electron chi connectivity index (χ0n) is 16.5. The molecule has 0 saturated heterocycles. The van der Waals surface area contributed by atoms with E-state index in [0.29, 0.717) is 13.0 Å². The molecule has 7 N–H and O–H groups in total. The number of nitrogens with one attached hydrogen (secondary N) is 2. The molecular weight excluding hydrogens is 370 g/mol. The van der Waals surface area contributed by atoms with Crippen molar-refractivity contribution in [3.63, 3.8) is 0 Å². The lowest BCUT2D eigenvalue weighted by molar-refractivity contribution is 0.00304. The van der Waals surface area contributed by atoms with Crippen molar-refractivity contribution in [3.05, 3.63) is 35.9 Å². The third kappa shape index (κ3) is 28.0. The van der Waals surface area contributed by atoms with Crippen LogP contribution in [0.3, 0.4) is 0 Å². The number of aryl methyl sites for hydroxylation is 1. The van der Waals surface area contributed by atoms with Gasteiger partial charge in [0.1, 0.15) is 0 Å². The first-order valence-corrected chi connectivity index (χ1v) is 8.08. The van der Waals surface area contributed by atoms with Crippen LogP contribution < -0.4 is 5.73 Å². The summed E-state index contributed by atoms with van der Waals surface area (Å²) in [5, 5.41) is 36.8. The minimum absolute atomic E-state index is 0.156. The molecule has 160 valence electrons. The molecule has 1 rings (SSSR count). The number of hydrogen-bond donors (Lipinski definition) is 6. The minimum Gasteiger partial charge on any atom is -0.450 e. The first-order valence-electron chi connectivity index (χ1n) is 8.08. The van der Waals surface area contributed by atoms with Gasteiger partial charge in [0.15, 0.2) is 0 Å². The Bertz CT molecular complexity index is 494. The standard InChI is InChI=1S/C7H8.C6H14O3.C3H7NO2.2CHNO/c1-7-5-3-2-4-6-7;1-2-6(3-7,4-8)5-9;1-2-6-3(4)5;2*2-1-3/h2-6H,1H3;7-9H,2-5H2,1H3;2H2,1H3,(H2,4,5);2*2H. The first kappa shape index (κ1) is 32.8. The molecule has 0 radical (unpaired) electrons. The normalized spacial score (nSPS) is 8.21. The van der Waals surface area contributed by atoms with Gasteiger partial charge < -0.3 is 25.8 Å². The monoisotopic (exact) mass is 401 g/mol. The topological polar surface area (TPSA) is 195 Å². The van der Waals surface area contributed by atoms with Crippen molar-refractivity contribution >= 4 is 18.3 Å². The van der Waals surface area contributed by atoms with E-state index in [1.807, 2.05) is 25.1 Å². The Morgan fingerprint density at radius 3 is 1.46 bits per heavy atom. The van der Waals surface area contributed by atoms with Crippen LogP contribution in [-0.4, -0.2) is 60.0 Å². The number of rotatable bonds is 5. The highest BCUT2D eigenvalue weighted by atomic mass is 16.5. The second-order valence-corrected chi connectivity index (χ2v) is 4.94. The van der Waals surface area contributed by atoms with Gasteiger partial charge in [-0.25, -0.2) is 25.2 Å². The summed E-state index contributed by atoms with van der Waals surface area (Å²) in [6.07, 6.45) is 1.38. The summed E-state index contributed by atoms with van der Waals surface area (Å²) >= 11 is 0. The van der Waals surface area contributed by atoms with Crippen LogP contribution in [0.2, 0.25) is 0 Å². The number of aliphatic hydroxyl groups excluding tert-OH is 3. The van der Waals surface area contributed by atoms with Gasteiger partial charge in [0.25, 0.3) is 0 Å². The number of benzene rings is 1. The predicted octanol–water partition coefficient (Wildman–Crippen LogP) is 1.26. The number of aliphatic hydroxyl groups is 3. The number of ether oxygens (including phenoxy) is 1. The van der Waals surface area contributed by atoms with Gasteiger partial charge in [0, 0.05) is 5.41 Å². The zero-order chi connectivity index (χ0) is 22.8. The number of carbonyl (C=O) groups is 1. The average molecular weight is 401 g/mol. The molecule has 1 aromatic carbocycles. The first-order chi connectivity index (χ1) is 13.2. The van der Waals surface area contributed by atoms with Gasteiger partial charge in [-0.3, -0.25) is 0 Å². The molecule has 0 aromatic heterocycles. The zero-order valence-corrected chi connectivity index (χ0v) is 16.5. The molecule has 0 heterocycles. The Kier molecular flexibility index (Phi) is 30.9. The van der Waals surface area contributed by atoms with Gasteiger partial charge in [0.2, 0.25) is 12.2 Å². The van der Waals surface area contributed by atoms with Gasteiger partial charge in [-0.2, -0.15) is 0 Å². The number of primary amides is 1. The fourth-order valence-corrected chi connectivity index (χ4v) is 1.16. The molecule has 0 saturated carbocycles. The van der Waals surface area contributed by atoms with Crippen LogP contribution >= 0.6 is 0 Å². The van der Waals surface area contributed by atoms with E-state index in [1.165, 1.54) is 5.56 Å². The van der Waals surface area contributed by atoms with Crippen LogP contribution in [0, 0.1) is 23.2 Å². The molecule has 1 amide bonds. The van der Waals surface area contributed by atoms with Crippen molar-refractivity contribution in [1.82, 2.24) is 0 Å². The maximum atomic E-state index is 9.60. The van der Waals surface area contributed by atoms with Gasteiger partial charge >= 0.3 is 6.09 Å². The lowest BCUT2D eigenvalue weighted by Gasteiger charge is -2.24. The lowest BCUT2D eigenvalue weighted by Crippen LogP contribution is -2.32. The van der Waals surface area contributed by atoms with Crippen LogP contribution in [0.4, 0.5) is 4.79 Å². The minimum atomic E-state index is -0.711. The molecule has 0 bridgehead atoms. The molecule has 0 atom stereocenters. The van der Waals surface area contributed by atoms with E-state index in [9.17, 15) is 4.79 Å². The van der Waals surface area contributed by atoms with Crippen molar-refractivity contribution in [2.75, 3.05) is 26.4 Å². The number of amides is 1. The summed E-state index contributed by atoms with van der Waals surface area (Å²) in [6.45, 7) is 5.49. The SMILES string of the molecule is CCC(CO)(CO)CO.CCOC(N)=O.Cc1ccccc1.N=C=O.N=C=O. The van der Waals surface area contributed by atoms with Crippen molar-refractivity contribution < 1.29 is 34.4 Å². The van der Waals surface area contributed by atoms with Crippen LogP contribution in [-0.2, 0) is 14.3 Å². The van der Waals surface area contributed by atoms with Crippen LogP contribution in [0.25, 0.3) is 0 Å². The van der Waals surface area contributed by atoms with Gasteiger partial charge in [-0.05, 0) is 20.3 Å². The number of carbonyl (C=O) groups excluding carboxylic acids is 3. The van der Waals surface area contributed by atoms with E-state index < -0.39 is 11.5 Å². The Balaban J connectivity index is -0.000000137. The smallest absolute Gasteiger partial charge is 0.404 e. The van der Waals surface area contributed by atoms with E-state index >= 15 is 0 Å². The summed E-state index contributed by atoms with van der Waals surface area (Å²) in [5.41, 5.74) is 5.20. The maximum absolute atomic E-state index is 9.60. The third-order valence-electron chi connectivity index (χ3n) is 2.98. The van der Waals surface area contributed by atoms with Crippen molar-refractivity contribution in [3.8, 4) is 0 Å². The maximum Gasteiger partial charge on any atom is 0.404 e. The molecular formula is C18H31N3O7. The summed E-state index contributed by atoms with van der Waals surface area (Å²) in [4.78, 5) is 26.3. The number of nitrogens with two attached hydrogens (primary N) is 1. The highest BCUT2D eigenvalue weighted by Gasteiger charge is 2.24. The highest BCUT2D eigenvalue weighted by molar-refractivity contribution is 5.64. The van der Waals surface area contributed by atoms with Crippen molar-refractivity contribution in [2.45, 2.75) is 27.2 Å². The molecule has 0 unspecified atom stereocenters. The summed E-state index contributed by atoms with van der Waals surface area (Å²) in [5.74, 6) is 0. The molecule has 0 aliphatic heterocycles. The largest absolute Gasteiger partial charge is 0.450 e. The Morgan fingerprint density at radius 1 is 1.04 bits per heavy atom. The van der Waals surface area contributed by atoms with E-state index in [0.717, 1.165) is 12.2 Å². The van der Waals surface area contributed by atoms with E-state index in [-0.39, 0.29) is 19.8 Å². The van der Waals surface area contributed by atoms with Gasteiger partial charge in [-0.1, -0.05) is 42.8 Å². The molecule has 0 fully saturated rings. The quantitative estimate of drug-likeness (QED) is 0.315. The number of hydrogen-bond acceptors (Lipinski definition) is 9. The summed E-state index contributed by atoms with van der Waals surface area (Å²) in [6, 6.07) is 10.3. The second kappa shape index (κ2) is 26.4. The highest BCUT2D eigenvalue weighted by Crippen LogP contribution is 2.18. The van der Waals surface area contributed by atoms with E-state index in [4.69, 9.17) is 35.7 Å². The molecule has 0 spiro atoms. The molecule has 1 aromatic rings. The third-order valence-corrected chi connectivity index (χ3v) is 2.98. The fraction of sp³-hybridized carbons (Fsp3) is 0.500. The molecule has 10 nitrogen and oxygen atoms in total. The fourth-order valence-electron chi connectivity index (χ4n) is 1.16. The second-order valence-electron chi connectivity index (χ2n) is 4.94. The molecule has 0 aliphatic carbocycles. The predicted molar refractivity (Wildman–Crippen MR) is 103 cm³/mol. The van der Waals surface area contributed by atoms with Gasteiger partial charge in [-0.15, -0.1) is 0 Å². The van der Waals surface area contributed by atoms with E-state index in [2.05, 4.69) is 29.5 Å². The Hall–Kier alpha value is -2.87. The lowest BCUT2D eigenvalue weighted by atomic mass is 9.88. The number of isocyanates is 2. The summed E-state index contributed by atoms with van der Waals surface area (Å²) < 4.78 is 4.18. The Labute approximate surface area is 165 Å². The molecule has 28 heavy (non-hydrogen) atoms. The molecule has 10 heteroatoms. The summed E-state index contributed by atoms with van der Waals surface area (Å²) in [7, 11) is 0. The van der Waals surface area contributed by atoms with Crippen molar-refractivity contribution in [2.24, 2.45) is 11.1 Å². The average Bonchev–Trinajstić information content (AvgIpc) is 2.67. The van der Waals surface area contributed by atoms with Crippen LogP contribution in [0.5, 0.6) is 0 Å².